The highest BCUT2D eigenvalue weighted by atomic mass is 19.1. The number of halogens is 2. The van der Waals surface area contributed by atoms with Crippen molar-refractivity contribution in [2.45, 2.75) is 19.6 Å². The van der Waals surface area contributed by atoms with Crippen LogP contribution in [0.1, 0.15) is 12.5 Å². The fourth-order valence-electron chi connectivity index (χ4n) is 3.27. The number of carbonyl (C=O) groups is 2. The summed E-state index contributed by atoms with van der Waals surface area (Å²) in [6, 6.07) is 8.78. The van der Waals surface area contributed by atoms with Gasteiger partial charge in [-0.1, -0.05) is 24.3 Å². The Kier molecular flexibility index (Phi) is 7.13. The summed E-state index contributed by atoms with van der Waals surface area (Å²) in [6.45, 7) is 2.20. The van der Waals surface area contributed by atoms with Crippen molar-refractivity contribution in [2.75, 3.05) is 24.7 Å². The van der Waals surface area contributed by atoms with E-state index in [1.54, 1.807) is 24.3 Å². The van der Waals surface area contributed by atoms with E-state index < -0.39 is 23.8 Å². The zero-order valence-electron chi connectivity index (χ0n) is 16.9. The molecular formula is C20H24F2N6O3. The van der Waals surface area contributed by atoms with Gasteiger partial charge in [0.05, 0.1) is 31.0 Å². The van der Waals surface area contributed by atoms with Gasteiger partial charge in [-0.05, 0) is 23.3 Å². The second kappa shape index (κ2) is 9.79. The van der Waals surface area contributed by atoms with Gasteiger partial charge in [0.2, 0.25) is 5.91 Å². The van der Waals surface area contributed by atoms with Gasteiger partial charge in [-0.2, -0.15) is 0 Å². The van der Waals surface area contributed by atoms with Crippen molar-refractivity contribution in [3.05, 3.63) is 53.6 Å². The predicted molar refractivity (Wildman–Crippen MR) is 110 cm³/mol. The summed E-state index contributed by atoms with van der Waals surface area (Å²) in [4.78, 5) is 24.2. The van der Waals surface area contributed by atoms with Gasteiger partial charge >= 0.3 is 6.09 Å². The number of amides is 2. The van der Waals surface area contributed by atoms with Crippen LogP contribution in [0.25, 0.3) is 11.1 Å². The van der Waals surface area contributed by atoms with E-state index in [4.69, 9.17) is 16.4 Å². The second-order valence-corrected chi connectivity index (χ2v) is 7.14. The molecule has 1 unspecified atom stereocenters. The highest BCUT2D eigenvalue weighted by Crippen LogP contribution is 2.32. The topological polar surface area (TPSA) is 126 Å². The maximum Gasteiger partial charge on any atom is 0.414 e. The van der Waals surface area contributed by atoms with Gasteiger partial charge in [-0.25, -0.2) is 24.0 Å². The first kappa shape index (κ1) is 22.6. The molecule has 11 heteroatoms. The lowest BCUT2D eigenvalue weighted by Gasteiger charge is -2.17. The highest BCUT2D eigenvalue weighted by Gasteiger charge is 2.33. The number of cyclic esters (lactones) is 1. The van der Waals surface area contributed by atoms with Crippen molar-refractivity contribution in [1.82, 2.24) is 15.8 Å². The summed E-state index contributed by atoms with van der Waals surface area (Å²) in [5.74, 6) is 9.08. The lowest BCUT2D eigenvalue weighted by Crippen LogP contribution is -2.41. The van der Waals surface area contributed by atoms with Crippen molar-refractivity contribution in [3.63, 3.8) is 0 Å². The van der Waals surface area contributed by atoms with Crippen LogP contribution in [0, 0.1) is 11.6 Å². The number of benzene rings is 2. The van der Waals surface area contributed by atoms with Crippen molar-refractivity contribution in [1.29, 1.82) is 0 Å². The number of hydrogen-bond acceptors (Lipinski definition) is 7. The minimum absolute atomic E-state index is 0.0405. The largest absolute Gasteiger partial charge is 0.442 e. The molecule has 0 saturated carbocycles. The molecule has 1 aliphatic heterocycles. The molecule has 1 saturated heterocycles. The molecule has 0 spiro atoms. The fourth-order valence-corrected chi connectivity index (χ4v) is 3.27. The molecule has 0 aliphatic carbocycles. The Morgan fingerprint density at radius 3 is 2.48 bits per heavy atom. The maximum atomic E-state index is 14.8. The zero-order valence-corrected chi connectivity index (χ0v) is 16.9. The summed E-state index contributed by atoms with van der Waals surface area (Å²) in [5, 5.41) is 3.99. The monoisotopic (exact) mass is 434 g/mol. The summed E-state index contributed by atoms with van der Waals surface area (Å²) >= 11 is 0. The smallest absolute Gasteiger partial charge is 0.414 e. The molecule has 0 aromatic heterocycles. The fraction of sp³-hybridized carbons (Fsp3) is 0.300. The number of hydrogen-bond donors (Lipinski definition) is 4. The van der Waals surface area contributed by atoms with E-state index in [0.29, 0.717) is 12.1 Å². The molecule has 0 bridgehead atoms. The number of rotatable bonds is 8. The maximum absolute atomic E-state index is 14.8. The van der Waals surface area contributed by atoms with Gasteiger partial charge in [0.15, 0.2) is 0 Å². The number of hydrazine groups is 2. The first-order chi connectivity index (χ1) is 14.8. The van der Waals surface area contributed by atoms with Crippen molar-refractivity contribution in [3.8, 4) is 11.1 Å². The van der Waals surface area contributed by atoms with Crippen LogP contribution < -0.4 is 27.3 Å². The van der Waals surface area contributed by atoms with Crippen LogP contribution in [-0.2, 0) is 16.1 Å². The van der Waals surface area contributed by atoms with Crippen LogP contribution in [0.4, 0.5) is 19.3 Å². The second-order valence-electron chi connectivity index (χ2n) is 7.14. The third-order valence-electron chi connectivity index (χ3n) is 4.71. The Morgan fingerprint density at radius 1 is 1.26 bits per heavy atom. The highest BCUT2D eigenvalue weighted by molar-refractivity contribution is 5.90. The normalized spacial score (nSPS) is 16.0. The van der Waals surface area contributed by atoms with Gasteiger partial charge in [-0.3, -0.25) is 21.4 Å². The van der Waals surface area contributed by atoms with Gasteiger partial charge in [0.25, 0.3) is 0 Å². The summed E-state index contributed by atoms with van der Waals surface area (Å²) in [5.41, 5.74) is 3.45. The van der Waals surface area contributed by atoms with Gasteiger partial charge in [0, 0.05) is 13.5 Å². The molecule has 166 valence electrons. The average molecular weight is 434 g/mol. The standard InChI is InChI=1S/C20H24F2N6O3/c1-12(29)25-8-16-10-28(20(30)31-16)15-6-17(21)19(18(22)7-15)14-4-2-13(3-5-14)9-27(24)11-26-23/h2-7,16,26H,8-11,23-24H2,1H3,(H,25,29). The zero-order chi connectivity index (χ0) is 22.5. The molecule has 2 aromatic rings. The lowest BCUT2D eigenvalue weighted by molar-refractivity contribution is -0.119. The van der Waals surface area contributed by atoms with E-state index in [2.05, 4.69) is 10.7 Å². The molecule has 1 aliphatic rings. The molecule has 31 heavy (non-hydrogen) atoms. The number of anilines is 1. The summed E-state index contributed by atoms with van der Waals surface area (Å²) in [6.07, 6.45) is -1.34. The third-order valence-corrected chi connectivity index (χ3v) is 4.71. The molecule has 1 fully saturated rings. The minimum Gasteiger partial charge on any atom is -0.442 e. The Morgan fingerprint density at radius 2 is 1.90 bits per heavy atom. The molecule has 1 atom stereocenters. The van der Waals surface area contributed by atoms with Crippen molar-refractivity contribution >= 4 is 17.7 Å². The van der Waals surface area contributed by atoms with E-state index in [0.717, 1.165) is 22.6 Å². The SMILES string of the molecule is CC(=O)NCC1CN(c2cc(F)c(-c3ccc(CN(N)CNN)cc3)c(F)c2)C(=O)O1. The molecule has 1 heterocycles. The Balaban J connectivity index is 1.76. The predicted octanol–water partition coefficient (Wildman–Crippen LogP) is 1.19. The van der Waals surface area contributed by atoms with Crippen LogP contribution in [0.2, 0.25) is 0 Å². The van der Waals surface area contributed by atoms with E-state index in [-0.39, 0.29) is 36.9 Å². The first-order valence-corrected chi connectivity index (χ1v) is 9.52. The number of ether oxygens (including phenoxy) is 1. The number of carbonyl (C=O) groups excluding carboxylic acids is 2. The van der Waals surface area contributed by atoms with E-state index in [9.17, 15) is 18.4 Å². The van der Waals surface area contributed by atoms with Crippen LogP contribution in [0.5, 0.6) is 0 Å². The summed E-state index contributed by atoms with van der Waals surface area (Å²) < 4.78 is 34.8. The minimum atomic E-state index is -0.811. The van der Waals surface area contributed by atoms with Crippen molar-refractivity contribution in [2.24, 2.45) is 11.7 Å². The summed E-state index contributed by atoms with van der Waals surface area (Å²) in [7, 11) is 0. The molecule has 2 aromatic carbocycles. The van der Waals surface area contributed by atoms with E-state index in [1.165, 1.54) is 11.9 Å². The first-order valence-electron chi connectivity index (χ1n) is 9.52. The third kappa shape index (κ3) is 5.52. The van der Waals surface area contributed by atoms with Gasteiger partial charge in [-0.15, -0.1) is 0 Å². The van der Waals surface area contributed by atoms with Crippen LogP contribution in [0.3, 0.4) is 0 Å². The van der Waals surface area contributed by atoms with Gasteiger partial charge < -0.3 is 10.1 Å². The Hall–Kier alpha value is -3.12. The van der Waals surface area contributed by atoms with Crippen LogP contribution in [-0.4, -0.2) is 42.9 Å². The van der Waals surface area contributed by atoms with Crippen LogP contribution in [0.15, 0.2) is 36.4 Å². The van der Waals surface area contributed by atoms with Gasteiger partial charge in [0.1, 0.15) is 17.7 Å². The number of nitrogens with zero attached hydrogens (tertiary/aromatic N) is 2. The van der Waals surface area contributed by atoms with E-state index in [1.807, 2.05) is 0 Å². The molecule has 2 amide bonds. The quantitative estimate of drug-likeness (QED) is 0.279. The molecule has 9 nitrogen and oxygen atoms in total. The molecule has 0 radical (unpaired) electrons. The van der Waals surface area contributed by atoms with Crippen molar-refractivity contribution < 1.29 is 23.1 Å². The average Bonchev–Trinajstić information content (AvgIpc) is 3.08. The van der Waals surface area contributed by atoms with Crippen LogP contribution >= 0.6 is 0 Å². The molecule has 6 N–H and O–H groups in total. The lowest BCUT2D eigenvalue weighted by atomic mass is 10.0. The number of nitrogens with one attached hydrogen (secondary N) is 2. The molecule has 3 rings (SSSR count). The molecular weight excluding hydrogens is 410 g/mol. The Bertz CT molecular complexity index is 933. The number of nitrogens with two attached hydrogens (primary N) is 2. The Labute approximate surface area is 177 Å². The van der Waals surface area contributed by atoms with E-state index >= 15 is 0 Å².